The molecule has 0 amide bonds. The summed E-state index contributed by atoms with van der Waals surface area (Å²) in [4.78, 5) is 0. The topological polar surface area (TPSA) is 47.9 Å². The summed E-state index contributed by atoms with van der Waals surface area (Å²) in [5.41, 5.74) is -0.128. The van der Waals surface area contributed by atoms with Crippen LogP contribution in [0.15, 0.2) is 0 Å². The maximum Gasteiger partial charge on any atom is 0.0940 e. The average molecular weight is 230 g/mol. The number of aliphatic hydroxyl groups is 1. The number of hydrogen-bond acceptors (Lipinski definition) is 4. The van der Waals surface area contributed by atoms with Crippen LogP contribution in [-0.4, -0.2) is 49.8 Å². The molecule has 2 aliphatic rings. The summed E-state index contributed by atoms with van der Waals surface area (Å²) >= 11 is 0. The van der Waals surface area contributed by atoms with E-state index in [0.717, 1.165) is 32.5 Å². The van der Waals surface area contributed by atoms with Crippen molar-refractivity contribution in [1.29, 1.82) is 0 Å². The minimum Gasteiger partial charge on any atom is -0.390 e. The molecule has 0 bridgehead atoms. The first-order valence-corrected chi connectivity index (χ1v) is 6.09. The van der Waals surface area contributed by atoms with Crippen molar-refractivity contribution in [1.82, 2.24) is 0 Å². The largest absolute Gasteiger partial charge is 0.390 e. The van der Waals surface area contributed by atoms with Gasteiger partial charge in [-0.05, 0) is 25.7 Å². The van der Waals surface area contributed by atoms with Gasteiger partial charge in [-0.3, -0.25) is 0 Å². The molecule has 0 saturated carbocycles. The second kappa shape index (κ2) is 5.00. The third-order valence-electron chi connectivity index (χ3n) is 3.93. The first-order chi connectivity index (χ1) is 7.67. The average Bonchev–Trinajstić information content (AvgIpc) is 2.75. The Morgan fingerprint density at radius 3 is 2.88 bits per heavy atom. The van der Waals surface area contributed by atoms with E-state index in [1.807, 2.05) is 6.92 Å². The van der Waals surface area contributed by atoms with Crippen LogP contribution < -0.4 is 0 Å². The molecule has 16 heavy (non-hydrogen) atoms. The van der Waals surface area contributed by atoms with Crippen molar-refractivity contribution in [3.63, 3.8) is 0 Å². The highest BCUT2D eigenvalue weighted by Crippen LogP contribution is 2.37. The molecule has 1 N–H and O–H groups in total. The molecule has 2 rings (SSSR count). The molecule has 1 spiro atoms. The maximum absolute atomic E-state index is 10.2. The molecule has 0 radical (unpaired) electrons. The highest BCUT2D eigenvalue weighted by Gasteiger charge is 2.43. The van der Waals surface area contributed by atoms with E-state index in [-0.39, 0.29) is 17.6 Å². The van der Waals surface area contributed by atoms with Gasteiger partial charge >= 0.3 is 0 Å². The zero-order valence-corrected chi connectivity index (χ0v) is 10.1. The minimum absolute atomic E-state index is 0.109. The fourth-order valence-electron chi connectivity index (χ4n) is 2.74. The highest BCUT2D eigenvalue weighted by atomic mass is 16.6. The molecule has 0 aromatic carbocycles. The Kier molecular flexibility index (Phi) is 3.85. The molecule has 4 unspecified atom stereocenters. The zero-order chi connectivity index (χ0) is 11.6. The van der Waals surface area contributed by atoms with Gasteiger partial charge in [0, 0.05) is 26.7 Å². The number of hydrogen-bond donors (Lipinski definition) is 1. The lowest BCUT2D eigenvalue weighted by molar-refractivity contribution is -0.132. The van der Waals surface area contributed by atoms with Crippen molar-refractivity contribution in [2.45, 2.75) is 44.0 Å². The standard InChI is InChI=1S/C12H22O4/c1-9(14-2)11(13)10-3-5-16-12(7-10)4-6-15-8-12/h9-11,13H,3-8H2,1-2H3. The van der Waals surface area contributed by atoms with Gasteiger partial charge in [0.1, 0.15) is 0 Å². The van der Waals surface area contributed by atoms with Crippen LogP contribution in [0.4, 0.5) is 0 Å². The predicted octanol–water partition coefficient (Wildman–Crippen LogP) is 0.968. The van der Waals surface area contributed by atoms with E-state index in [4.69, 9.17) is 14.2 Å². The number of aliphatic hydroxyl groups excluding tert-OH is 1. The summed E-state index contributed by atoms with van der Waals surface area (Å²) in [5.74, 6) is 0.269. The first-order valence-electron chi connectivity index (χ1n) is 6.09. The van der Waals surface area contributed by atoms with Gasteiger partial charge in [0.15, 0.2) is 0 Å². The van der Waals surface area contributed by atoms with Crippen molar-refractivity contribution in [3.8, 4) is 0 Å². The summed E-state index contributed by atoms with van der Waals surface area (Å²) in [6, 6.07) is 0. The monoisotopic (exact) mass is 230 g/mol. The SMILES string of the molecule is COC(C)C(O)C1CCOC2(CCOC2)C1. The molecular formula is C12H22O4. The van der Waals surface area contributed by atoms with E-state index in [1.54, 1.807) is 7.11 Å². The number of rotatable bonds is 3. The summed E-state index contributed by atoms with van der Waals surface area (Å²) in [5, 5.41) is 10.2. The van der Waals surface area contributed by atoms with Crippen molar-refractivity contribution in [2.75, 3.05) is 26.9 Å². The Labute approximate surface area is 96.9 Å². The van der Waals surface area contributed by atoms with Gasteiger partial charge in [-0.15, -0.1) is 0 Å². The molecule has 0 aromatic rings. The quantitative estimate of drug-likeness (QED) is 0.784. The van der Waals surface area contributed by atoms with Gasteiger partial charge in [0.2, 0.25) is 0 Å². The third kappa shape index (κ3) is 2.40. The fraction of sp³-hybridized carbons (Fsp3) is 1.00. The number of ether oxygens (including phenoxy) is 3. The lowest BCUT2D eigenvalue weighted by Gasteiger charge is -2.40. The molecule has 0 aromatic heterocycles. The first kappa shape index (κ1) is 12.3. The van der Waals surface area contributed by atoms with Crippen molar-refractivity contribution in [2.24, 2.45) is 5.92 Å². The smallest absolute Gasteiger partial charge is 0.0940 e. The van der Waals surface area contributed by atoms with Crippen LogP contribution in [0.25, 0.3) is 0 Å². The van der Waals surface area contributed by atoms with Crippen LogP contribution in [0.3, 0.4) is 0 Å². The van der Waals surface area contributed by atoms with E-state index in [9.17, 15) is 5.11 Å². The normalized spacial score (nSPS) is 38.8. The van der Waals surface area contributed by atoms with E-state index in [2.05, 4.69) is 0 Å². The van der Waals surface area contributed by atoms with Gasteiger partial charge in [-0.1, -0.05) is 0 Å². The van der Waals surface area contributed by atoms with E-state index in [1.165, 1.54) is 0 Å². The summed E-state index contributed by atoms with van der Waals surface area (Å²) in [6.45, 7) is 4.10. The van der Waals surface area contributed by atoms with Gasteiger partial charge in [0.25, 0.3) is 0 Å². The van der Waals surface area contributed by atoms with Crippen LogP contribution in [0, 0.1) is 5.92 Å². The molecule has 0 aliphatic carbocycles. The molecule has 2 saturated heterocycles. The van der Waals surface area contributed by atoms with Gasteiger partial charge in [-0.2, -0.15) is 0 Å². The van der Waals surface area contributed by atoms with Gasteiger partial charge < -0.3 is 19.3 Å². The molecule has 4 atom stereocenters. The number of methoxy groups -OCH3 is 1. The van der Waals surface area contributed by atoms with Crippen LogP contribution in [-0.2, 0) is 14.2 Å². The van der Waals surface area contributed by atoms with E-state index < -0.39 is 6.10 Å². The Morgan fingerprint density at radius 2 is 2.25 bits per heavy atom. The second-order valence-electron chi connectivity index (χ2n) is 5.02. The van der Waals surface area contributed by atoms with Crippen LogP contribution in [0.5, 0.6) is 0 Å². The Hall–Kier alpha value is -0.160. The molecule has 94 valence electrons. The summed E-state index contributed by atoms with van der Waals surface area (Å²) in [6.07, 6.45) is 2.25. The van der Waals surface area contributed by atoms with Crippen LogP contribution in [0.1, 0.15) is 26.2 Å². The zero-order valence-electron chi connectivity index (χ0n) is 10.1. The molecular weight excluding hydrogens is 208 g/mol. The second-order valence-corrected chi connectivity index (χ2v) is 5.02. The van der Waals surface area contributed by atoms with E-state index in [0.29, 0.717) is 6.61 Å². The Bertz CT molecular complexity index is 225. The van der Waals surface area contributed by atoms with Crippen molar-refractivity contribution < 1.29 is 19.3 Å². The lowest BCUT2D eigenvalue weighted by atomic mass is 9.81. The minimum atomic E-state index is -0.397. The Morgan fingerprint density at radius 1 is 1.44 bits per heavy atom. The Balaban J connectivity index is 1.95. The molecule has 4 nitrogen and oxygen atoms in total. The summed E-state index contributed by atoms with van der Waals surface area (Å²) in [7, 11) is 1.64. The maximum atomic E-state index is 10.2. The van der Waals surface area contributed by atoms with Gasteiger partial charge in [-0.25, -0.2) is 0 Å². The fourth-order valence-corrected chi connectivity index (χ4v) is 2.74. The highest BCUT2D eigenvalue weighted by molar-refractivity contribution is 4.93. The van der Waals surface area contributed by atoms with Crippen LogP contribution in [0.2, 0.25) is 0 Å². The molecule has 4 heteroatoms. The predicted molar refractivity (Wildman–Crippen MR) is 59.3 cm³/mol. The van der Waals surface area contributed by atoms with Gasteiger partial charge in [0.05, 0.1) is 24.4 Å². The van der Waals surface area contributed by atoms with Crippen molar-refractivity contribution >= 4 is 0 Å². The molecule has 2 heterocycles. The lowest BCUT2D eigenvalue weighted by Crippen LogP contribution is -2.46. The summed E-state index contributed by atoms with van der Waals surface area (Å²) < 4.78 is 16.5. The van der Waals surface area contributed by atoms with Crippen LogP contribution >= 0.6 is 0 Å². The third-order valence-corrected chi connectivity index (χ3v) is 3.93. The molecule has 2 fully saturated rings. The molecule has 2 aliphatic heterocycles. The van der Waals surface area contributed by atoms with E-state index >= 15 is 0 Å². The van der Waals surface area contributed by atoms with Crippen molar-refractivity contribution in [3.05, 3.63) is 0 Å².